The van der Waals surface area contributed by atoms with Crippen LogP contribution in [0.1, 0.15) is 30.0 Å². The summed E-state index contributed by atoms with van der Waals surface area (Å²) in [7, 11) is 3.95. The van der Waals surface area contributed by atoms with Gasteiger partial charge in [0.2, 0.25) is 5.91 Å². The lowest BCUT2D eigenvalue weighted by molar-refractivity contribution is -0.137. The van der Waals surface area contributed by atoms with Gasteiger partial charge in [-0.05, 0) is 38.6 Å². The molecule has 1 saturated heterocycles. The van der Waals surface area contributed by atoms with Crippen molar-refractivity contribution >= 4 is 23.3 Å². The lowest BCUT2D eigenvalue weighted by Crippen LogP contribution is -2.43. The first kappa shape index (κ1) is 23.3. The predicted molar refractivity (Wildman–Crippen MR) is 115 cm³/mol. The van der Waals surface area contributed by atoms with Crippen molar-refractivity contribution in [2.75, 3.05) is 38.6 Å². The summed E-state index contributed by atoms with van der Waals surface area (Å²) in [5.74, 6) is 0.169. The van der Waals surface area contributed by atoms with E-state index in [1.54, 1.807) is 0 Å². The van der Waals surface area contributed by atoms with Crippen molar-refractivity contribution in [1.29, 1.82) is 0 Å². The normalized spacial score (nSPS) is 16.4. The fourth-order valence-electron chi connectivity index (χ4n) is 3.79. The summed E-state index contributed by atoms with van der Waals surface area (Å²) in [6.45, 7) is 1.51. The number of benzene rings is 1. The molecule has 1 aromatic heterocycles. The minimum atomic E-state index is -4.48. The van der Waals surface area contributed by atoms with Gasteiger partial charge in [-0.25, -0.2) is 4.98 Å². The van der Waals surface area contributed by atoms with Gasteiger partial charge in [0, 0.05) is 31.7 Å². The Morgan fingerprint density at radius 2 is 1.90 bits per heavy atom. The van der Waals surface area contributed by atoms with Crippen LogP contribution in [0.5, 0.6) is 0 Å². The molecule has 2 heterocycles. The maximum atomic E-state index is 12.8. The van der Waals surface area contributed by atoms with Crippen molar-refractivity contribution < 1.29 is 18.0 Å². The fourth-order valence-corrected chi connectivity index (χ4v) is 4.07. The van der Waals surface area contributed by atoms with Crippen molar-refractivity contribution in [3.8, 4) is 0 Å². The Morgan fingerprint density at radius 1 is 1.26 bits per heavy atom. The van der Waals surface area contributed by atoms with E-state index in [1.165, 1.54) is 0 Å². The van der Waals surface area contributed by atoms with Gasteiger partial charge in [-0.15, -0.1) is 0 Å². The third-order valence-corrected chi connectivity index (χ3v) is 5.87. The van der Waals surface area contributed by atoms with Gasteiger partial charge in [-0.3, -0.25) is 4.79 Å². The molecule has 5 nitrogen and oxygen atoms in total. The van der Waals surface area contributed by atoms with Crippen LogP contribution in [0.3, 0.4) is 0 Å². The third-order valence-electron chi connectivity index (χ3n) is 5.59. The summed E-state index contributed by atoms with van der Waals surface area (Å²) in [5, 5.41) is 3.02. The molecular formula is C22H26ClF3N4O. The number of piperidine rings is 1. The van der Waals surface area contributed by atoms with Crippen LogP contribution < -0.4 is 10.2 Å². The summed E-state index contributed by atoms with van der Waals surface area (Å²) >= 11 is 6.05. The van der Waals surface area contributed by atoms with Gasteiger partial charge < -0.3 is 15.1 Å². The molecule has 0 unspecified atom stereocenters. The van der Waals surface area contributed by atoms with Crippen LogP contribution in [0, 0.1) is 5.92 Å². The molecule has 1 N–H and O–H groups in total. The second kappa shape index (κ2) is 9.87. The first-order valence-corrected chi connectivity index (χ1v) is 10.5. The summed E-state index contributed by atoms with van der Waals surface area (Å²) in [6.07, 6.45) is -2.51. The van der Waals surface area contributed by atoms with Crippen molar-refractivity contribution in [2.24, 2.45) is 5.92 Å². The van der Waals surface area contributed by atoms with E-state index in [-0.39, 0.29) is 22.9 Å². The molecule has 9 heteroatoms. The second-order valence-corrected chi connectivity index (χ2v) is 8.33. The summed E-state index contributed by atoms with van der Waals surface area (Å²) in [4.78, 5) is 20.5. The minimum absolute atomic E-state index is 0.00564. The first-order chi connectivity index (χ1) is 14.7. The molecule has 0 aliphatic carbocycles. The number of alkyl halides is 3. The molecule has 1 aromatic carbocycles. The first-order valence-electron chi connectivity index (χ1n) is 10.1. The topological polar surface area (TPSA) is 48.5 Å². The van der Waals surface area contributed by atoms with Crippen LogP contribution in [0.4, 0.5) is 19.0 Å². The van der Waals surface area contributed by atoms with Crippen molar-refractivity contribution in [2.45, 2.75) is 25.1 Å². The van der Waals surface area contributed by atoms with Gasteiger partial charge in [0.15, 0.2) is 0 Å². The molecule has 0 spiro atoms. The molecule has 1 atom stereocenters. The third kappa shape index (κ3) is 5.89. The van der Waals surface area contributed by atoms with Crippen molar-refractivity contribution in [1.82, 2.24) is 15.2 Å². The molecule has 3 rings (SSSR count). The largest absolute Gasteiger partial charge is 0.417 e. The highest BCUT2D eigenvalue weighted by Gasteiger charge is 2.33. The number of pyridine rings is 1. The fraction of sp³-hybridized carbons (Fsp3) is 0.455. The number of amides is 1. The average molecular weight is 455 g/mol. The van der Waals surface area contributed by atoms with Gasteiger partial charge >= 0.3 is 6.18 Å². The van der Waals surface area contributed by atoms with Crippen LogP contribution >= 0.6 is 11.6 Å². The zero-order valence-corrected chi connectivity index (χ0v) is 18.2. The predicted octanol–water partition coefficient (Wildman–Crippen LogP) is 4.39. The van der Waals surface area contributed by atoms with Crippen LogP contribution in [0.25, 0.3) is 0 Å². The van der Waals surface area contributed by atoms with Gasteiger partial charge in [0.25, 0.3) is 0 Å². The number of halogens is 4. The van der Waals surface area contributed by atoms with Crippen molar-refractivity contribution in [3.05, 3.63) is 58.7 Å². The average Bonchev–Trinajstić information content (AvgIpc) is 2.74. The van der Waals surface area contributed by atoms with E-state index in [0.29, 0.717) is 38.3 Å². The van der Waals surface area contributed by atoms with Crippen molar-refractivity contribution in [3.63, 3.8) is 0 Å². The zero-order chi connectivity index (χ0) is 22.6. The molecule has 31 heavy (non-hydrogen) atoms. The van der Waals surface area contributed by atoms with E-state index in [0.717, 1.165) is 17.8 Å². The number of carbonyl (C=O) groups excluding carboxylic acids is 1. The molecule has 1 amide bonds. The Balaban J connectivity index is 1.55. The maximum absolute atomic E-state index is 12.8. The Morgan fingerprint density at radius 3 is 2.45 bits per heavy atom. The Bertz CT molecular complexity index is 884. The van der Waals surface area contributed by atoms with Gasteiger partial charge in [-0.1, -0.05) is 41.9 Å². The van der Waals surface area contributed by atoms with Crippen LogP contribution in [-0.2, 0) is 11.0 Å². The summed E-state index contributed by atoms with van der Waals surface area (Å²) < 4.78 is 38.4. The van der Waals surface area contributed by atoms with E-state index < -0.39 is 11.7 Å². The number of nitrogens with one attached hydrogen (secondary N) is 1. The monoisotopic (exact) mass is 454 g/mol. The van der Waals surface area contributed by atoms with E-state index in [9.17, 15) is 18.0 Å². The molecular weight excluding hydrogens is 429 g/mol. The number of nitrogens with zero attached hydrogens (tertiary/aromatic N) is 3. The van der Waals surface area contributed by atoms with E-state index in [2.05, 4.69) is 15.2 Å². The molecule has 0 saturated carbocycles. The highest BCUT2D eigenvalue weighted by atomic mass is 35.5. The number of likely N-dealkylation sites (N-methyl/N-ethyl adjacent to an activating group) is 1. The van der Waals surface area contributed by atoms with E-state index in [1.807, 2.05) is 49.3 Å². The number of hydrogen-bond donors (Lipinski definition) is 1. The molecule has 168 valence electrons. The Kier molecular flexibility index (Phi) is 7.43. The van der Waals surface area contributed by atoms with Gasteiger partial charge in [0.05, 0.1) is 16.6 Å². The quantitative estimate of drug-likeness (QED) is 0.703. The standard InChI is InChI=1S/C22H26ClF3N4O/c1-29(2)19(15-6-4-3-5-7-15)14-28-21(31)16-8-10-30(11-9-16)20-18(23)12-17(13-27-20)22(24,25)26/h3-7,12-13,16,19H,8-11,14H2,1-2H3,(H,28,31)/t19-/m1/s1. The number of carbonyl (C=O) groups is 1. The molecule has 1 fully saturated rings. The highest BCUT2D eigenvalue weighted by molar-refractivity contribution is 6.33. The molecule has 1 aliphatic rings. The Hall–Kier alpha value is -2.32. The van der Waals surface area contributed by atoms with E-state index in [4.69, 9.17) is 11.6 Å². The zero-order valence-electron chi connectivity index (χ0n) is 17.5. The van der Waals surface area contributed by atoms with Crippen LogP contribution in [0.2, 0.25) is 5.02 Å². The number of hydrogen-bond acceptors (Lipinski definition) is 4. The summed E-state index contributed by atoms with van der Waals surface area (Å²) in [5.41, 5.74) is 0.259. The highest BCUT2D eigenvalue weighted by Crippen LogP contribution is 2.34. The van der Waals surface area contributed by atoms with Crippen LogP contribution in [-0.4, -0.2) is 49.5 Å². The van der Waals surface area contributed by atoms with Gasteiger partial charge in [-0.2, -0.15) is 13.2 Å². The minimum Gasteiger partial charge on any atom is -0.355 e. The number of anilines is 1. The maximum Gasteiger partial charge on any atom is 0.417 e. The number of aromatic nitrogens is 1. The number of rotatable bonds is 6. The second-order valence-electron chi connectivity index (χ2n) is 7.92. The molecule has 0 radical (unpaired) electrons. The lowest BCUT2D eigenvalue weighted by atomic mass is 9.95. The van der Waals surface area contributed by atoms with Gasteiger partial charge in [0.1, 0.15) is 5.82 Å². The Labute approximate surface area is 185 Å². The lowest BCUT2D eigenvalue weighted by Gasteiger charge is -2.33. The van der Waals surface area contributed by atoms with E-state index >= 15 is 0 Å². The summed E-state index contributed by atoms with van der Waals surface area (Å²) in [6, 6.07) is 11.0. The molecule has 1 aliphatic heterocycles. The smallest absolute Gasteiger partial charge is 0.355 e. The SMILES string of the molecule is CN(C)[C@H](CNC(=O)C1CCN(c2ncc(C(F)(F)F)cc2Cl)CC1)c1ccccc1. The molecule has 0 bridgehead atoms. The molecule has 2 aromatic rings. The van der Waals surface area contributed by atoms with Crippen LogP contribution in [0.15, 0.2) is 42.6 Å².